The molecule has 1 aromatic carbocycles. The van der Waals surface area contributed by atoms with Crippen LogP contribution in [0.1, 0.15) is 32.4 Å². The van der Waals surface area contributed by atoms with Gasteiger partial charge in [0.15, 0.2) is 10.8 Å². The van der Waals surface area contributed by atoms with E-state index in [0.29, 0.717) is 16.9 Å². The highest BCUT2D eigenvalue weighted by atomic mass is 32.3. The van der Waals surface area contributed by atoms with Crippen molar-refractivity contribution in [2.45, 2.75) is 50.4 Å². The number of fused-ring (bicyclic) bond motifs is 1. The highest BCUT2D eigenvalue weighted by molar-refractivity contribution is 7.80. The van der Waals surface area contributed by atoms with Crippen LogP contribution in [0.15, 0.2) is 40.9 Å². The summed E-state index contributed by atoms with van der Waals surface area (Å²) in [4.78, 5) is 54.5. The Balaban J connectivity index is 1.07. The van der Waals surface area contributed by atoms with E-state index in [4.69, 9.17) is 24.8 Å². The molecule has 19 nitrogen and oxygen atoms in total. The number of nitrogens with zero attached hydrogens (tertiary/aromatic N) is 5. The van der Waals surface area contributed by atoms with E-state index in [2.05, 4.69) is 35.3 Å². The lowest BCUT2D eigenvalue weighted by Crippen LogP contribution is -2.76. The predicted molar refractivity (Wildman–Crippen MR) is 188 cm³/mol. The lowest BCUT2D eigenvalue weighted by molar-refractivity contribution is -0.218. The van der Waals surface area contributed by atoms with E-state index < -0.39 is 58.2 Å². The topological polar surface area (TPSA) is 260 Å². The zero-order valence-corrected chi connectivity index (χ0v) is 29.9. The molecule has 0 radical (unpaired) electrons. The number of β-lactam (4-membered cyclic amide) rings is 1. The minimum absolute atomic E-state index is 0.0630. The molecule has 3 saturated heterocycles. The van der Waals surface area contributed by atoms with Crippen LogP contribution in [0.5, 0.6) is 5.75 Å². The lowest BCUT2D eigenvalue weighted by Gasteiger charge is -2.50. The van der Waals surface area contributed by atoms with E-state index in [0.717, 1.165) is 79.5 Å². The number of nitrogens with two attached hydrogens (primary N) is 1. The smallest absolute Gasteiger partial charge is 0.418 e. The molecule has 5 heterocycles. The summed E-state index contributed by atoms with van der Waals surface area (Å²) in [6.45, 7) is 7.71. The molecule has 2 atom stereocenters. The first-order chi connectivity index (χ1) is 24.7. The molecule has 2 unspecified atom stereocenters. The Kier molecular flexibility index (Phi) is 10.8. The summed E-state index contributed by atoms with van der Waals surface area (Å²) in [5, 5.41) is 25.4. The number of hydroxylamine groups is 2. The third kappa shape index (κ3) is 8.68. The third-order valence-electron chi connectivity index (χ3n) is 9.03. The number of carbonyl (C=O) groups excluding carboxylic acids is 2. The first kappa shape index (κ1) is 37.1. The van der Waals surface area contributed by atoms with Crippen LogP contribution in [-0.4, -0.2) is 125 Å². The van der Waals surface area contributed by atoms with Gasteiger partial charge in [-0.05, 0) is 62.9 Å². The normalized spacial score (nSPS) is 20.5. The number of benzene rings is 1. The van der Waals surface area contributed by atoms with E-state index in [1.165, 1.54) is 19.2 Å². The number of carboxylic acid groups (broad SMARTS) is 1. The summed E-state index contributed by atoms with van der Waals surface area (Å²) in [5.74, 6) is -1.58. The summed E-state index contributed by atoms with van der Waals surface area (Å²) in [7, 11) is -5.02. The number of hydrogen-bond acceptors (Lipinski definition) is 16. The second kappa shape index (κ2) is 15.1. The molecule has 0 bridgehead atoms. The fourth-order valence-corrected chi connectivity index (χ4v) is 7.04. The summed E-state index contributed by atoms with van der Waals surface area (Å²) in [5.41, 5.74) is 4.42. The van der Waals surface area contributed by atoms with Crippen LogP contribution in [0.25, 0.3) is 10.9 Å². The lowest BCUT2D eigenvalue weighted by atomic mass is 9.84. The summed E-state index contributed by atoms with van der Waals surface area (Å²) < 4.78 is 41.3. The molecular weight excluding hydrogens is 723 g/mol. The second-order valence-electron chi connectivity index (χ2n) is 13.2. The number of nitrogens with one attached hydrogen (secondary N) is 3. The Morgan fingerprint density at radius 1 is 1.19 bits per heavy atom. The molecule has 3 aromatic rings. The maximum absolute atomic E-state index is 13.3. The summed E-state index contributed by atoms with van der Waals surface area (Å²) in [6.07, 6.45) is 0.399. The number of rotatable bonds is 15. The monoisotopic (exact) mass is 761 g/mol. The quantitative estimate of drug-likeness (QED) is 0.0532. The van der Waals surface area contributed by atoms with Gasteiger partial charge in [0.1, 0.15) is 29.9 Å². The molecule has 52 heavy (non-hydrogen) atoms. The van der Waals surface area contributed by atoms with Gasteiger partial charge in [-0.2, -0.15) is 13.5 Å². The van der Waals surface area contributed by atoms with Crippen molar-refractivity contribution < 1.29 is 46.3 Å². The fraction of sp³-hybridized carbons (Fsp3) is 0.484. The number of amides is 2. The van der Waals surface area contributed by atoms with Crippen molar-refractivity contribution in [2.75, 3.05) is 50.4 Å². The minimum Gasteiger partial charge on any atom is -0.489 e. The highest BCUT2D eigenvalue weighted by Crippen LogP contribution is 2.33. The summed E-state index contributed by atoms with van der Waals surface area (Å²) >= 11 is 0.965. The number of carboxylic acids is 1. The molecule has 0 spiro atoms. The molecule has 6 rings (SSSR count). The number of anilines is 2. The van der Waals surface area contributed by atoms with Gasteiger partial charge in [-0.1, -0.05) is 5.16 Å². The number of hydrogen-bond donors (Lipinski definition) is 6. The van der Waals surface area contributed by atoms with Gasteiger partial charge in [-0.15, -0.1) is 15.6 Å². The van der Waals surface area contributed by atoms with Gasteiger partial charge in [0.2, 0.25) is 0 Å². The third-order valence-corrected chi connectivity index (χ3v) is 10.0. The van der Waals surface area contributed by atoms with E-state index in [-0.39, 0.29) is 10.8 Å². The van der Waals surface area contributed by atoms with E-state index in [9.17, 15) is 27.9 Å². The largest absolute Gasteiger partial charge is 0.489 e. The molecular formula is C31H39N9O10S2. The average molecular weight is 762 g/mol. The molecule has 2 aromatic heterocycles. The van der Waals surface area contributed by atoms with Crippen LogP contribution in [0.3, 0.4) is 0 Å². The number of likely N-dealkylation sites (tertiary alicyclic amines) is 1. The molecule has 3 aliphatic rings. The van der Waals surface area contributed by atoms with Gasteiger partial charge < -0.3 is 41.3 Å². The Bertz CT molecular complexity index is 1960. The van der Waals surface area contributed by atoms with Crippen LogP contribution >= 0.6 is 11.3 Å². The first-order valence-corrected chi connectivity index (χ1v) is 18.6. The molecule has 3 fully saturated rings. The van der Waals surface area contributed by atoms with Crippen molar-refractivity contribution in [1.82, 2.24) is 30.6 Å². The van der Waals surface area contributed by atoms with E-state index >= 15 is 0 Å². The van der Waals surface area contributed by atoms with Crippen molar-refractivity contribution in [3.63, 3.8) is 0 Å². The Labute approximate surface area is 302 Å². The van der Waals surface area contributed by atoms with Crippen LogP contribution in [0.2, 0.25) is 0 Å². The zero-order chi connectivity index (χ0) is 37.2. The first-order valence-electron chi connectivity index (χ1n) is 16.4. The van der Waals surface area contributed by atoms with Gasteiger partial charge in [0.25, 0.3) is 17.9 Å². The Hall–Kier alpha value is -4.67. The number of pyridine rings is 1. The molecule has 0 saturated carbocycles. The molecule has 7 N–H and O–H groups in total. The van der Waals surface area contributed by atoms with Crippen LogP contribution in [-0.2, 0) is 33.9 Å². The number of nitrogen functional groups attached to an aromatic ring is 1. The number of aromatic nitrogens is 2. The predicted octanol–water partition coefficient (Wildman–Crippen LogP) is 0.462. The highest BCUT2D eigenvalue weighted by Gasteiger charge is 2.58. The van der Waals surface area contributed by atoms with Crippen molar-refractivity contribution in [1.29, 1.82) is 0 Å². The number of carbonyl (C=O) groups is 3. The maximum Gasteiger partial charge on any atom is 0.418 e. The van der Waals surface area contributed by atoms with Gasteiger partial charge in [0, 0.05) is 49.5 Å². The van der Waals surface area contributed by atoms with Gasteiger partial charge in [-0.25, -0.2) is 14.8 Å². The molecule has 280 valence electrons. The fourth-order valence-electron chi connectivity index (χ4n) is 6.04. The van der Waals surface area contributed by atoms with Crippen LogP contribution in [0, 0.1) is 5.92 Å². The van der Waals surface area contributed by atoms with Crippen molar-refractivity contribution in [3.8, 4) is 5.75 Å². The molecule has 2 amide bonds. The van der Waals surface area contributed by atoms with Crippen molar-refractivity contribution in [2.24, 2.45) is 11.1 Å². The van der Waals surface area contributed by atoms with Gasteiger partial charge in [0.05, 0.1) is 11.1 Å². The van der Waals surface area contributed by atoms with Crippen molar-refractivity contribution >= 4 is 67.1 Å². The van der Waals surface area contributed by atoms with Crippen LogP contribution < -0.4 is 26.4 Å². The number of ether oxygens (including phenoxy) is 1. The number of thiazole rings is 1. The zero-order valence-electron chi connectivity index (χ0n) is 28.2. The van der Waals surface area contributed by atoms with Gasteiger partial charge >= 0.3 is 16.4 Å². The molecule has 21 heteroatoms. The SMILES string of the molecule is CC1(C)C(NC(=O)C(=NOC(COc2ccc3nc(NC4CCN(CC5CNC5)CC4)ccc3c2)C(=O)O)c2csc(N)n2)C(=O)N1OS(=O)(=O)O. The van der Waals surface area contributed by atoms with E-state index in [1.807, 2.05) is 12.1 Å². The second-order valence-corrected chi connectivity index (χ2v) is 15.1. The van der Waals surface area contributed by atoms with Crippen LogP contribution in [0.4, 0.5) is 10.9 Å². The maximum atomic E-state index is 13.3. The van der Waals surface area contributed by atoms with Gasteiger partial charge in [-0.3, -0.25) is 14.1 Å². The number of oxime groups is 1. The molecule has 0 aliphatic carbocycles. The Morgan fingerprint density at radius 3 is 2.56 bits per heavy atom. The average Bonchev–Trinajstić information content (AvgIpc) is 3.51. The Morgan fingerprint density at radius 2 is 1.94 bits per heavy atom. The minimum atomic E-state index is -5.02. The van der Waals surface area contributed by atoms with Crippen molar-refractivity contribution in [3.05, 3.63) is 41.4 Å². The standard InChI is InChI=1S/C31H39N9O10S2/c1-31(2)26(28(42)40(31)50-52(45,46)47)37-27(41)25(22-16-51-30(32)36-22)38-49-23(29(43)44)15-48-20-4-5-21-18(11-20)3-6-24(35-21)34-19-7-9-39(10-8-19)14-17-12-33-13-17/h3-6,11,16-17,19,23,26,33H,7-10,12-15H2,1-2H3,(H2,32,36)(H,34,35)(H,37,41)(H,43,44)(H,45,46,47). The molecule has 3 aliphatic heterocycles. The number of aliphatic carboxylic acids is 1. The number of piperidine rings is 1. The van der Waals surface area contributed by atoms with E-state index in [1.54, 1.807) is 18.2 Å². The summed E-state index contributed by atoms with van der Waals surface area (Å²) in [6, 6.07) is 7.94.